The molecule has 174 valence electrons. The Kier molecular flexibility index (Phi) is 7.45. The highest BCUT2D eigenvalue weighted by Crippen LogP contribution is 2.30. The van der Waals surface area contributed by atoms with Crippen molar-refractivity contribution in [2.24, 2.45) is 0 Å². The Morgan fingerprint density at radius 1 is 1.06 bits per heavy atom. The minimum absolute atomic E-state index is 0.0639. The van der Waals surface area contributed by atoms with Crippen LogP contribution in [0.1, 0.15) is 18.9 Å². The van der Waals surface area contributed by atoms with Crippen molar-refractivity contribution < 1.29 is 14.3 Å². The van der Waals surface area contributed by atoms with E-state index in [2.05, 4.69) is 5.32 Å². The molecule has 1 atom stereocenters. The van der Waals surface area contributed by atoms with Crippen molar-refractivity contribution in [1.29, 1.82) is 0 Å². The molecule has 4 rings (SSSR count). The predicted molar refractivity (Wildman–Crippen MR) is 138 cm³/mol. The monoisotopic (exact) mass is 493 g/mol. The van der Waals surface area contributed by atoms with Gasteiger partial charge in [0.1, 0.15) is 11.8 Å². The molecule has 6 nitrogen and oxygen atoms in total. The topological polar surface area (TPSA) is 61.9 Å². The maximum Gasteiger partial charge on any atom is 0.256 e. The van der Waals surface area contributed by atoms with Gasteiger partial charge in [-0.25, -0.2) is 0 Å². The molecule has 1 unspecified atom stereocenters. The van der Waals surface area contributed by atoms with Crippen LogP contribution in [0.15, 0.2) is 78.9 Å². The van der Waals surface area contributed by atoms with Crippen LogP contribution in [0.25, 0.3) is 0 Å². The van der Waals surface area contributed by atoms with Crippen molar-refractivity contribution >= 4 is 52.1 Å². The third kappa shape index (κ3) is 5.21. The van der Waals surface area contributed by atoms with Crippen LogP contribution in [-0.4, -0.2) is 34.5 Å². The molecule has 1 aliphatic rings. The zero-order valence-electron chi connectivity index (χ0n) is 18.6. The number of nitrogens with one attached hydrogen (secondary N) is 1. The lowest BCUT2D eigenvalue weighted by atomic mass is 10.1. The minimum Gasteiger partial charge on any atom is -0.494 e. The number of anilines is 2. The number of para-hydroxylation sites is 1. The van der Waals surface area contributed by atoms with Gasteiger partial charge in [0.2, 0.25) is 5.91 Å². The molecule has 8 heteroatoms. The molecule has 0 bridgehead atoms. The van der Waals surface area contributed by atoms with Gasteiger partial charge in [0.25, 0.3) is 5.91 Å². The maximum absolute atomic E-state index is 13.5. The first-order valence-electron chi connectivity index (χ1n) is 10.9. The van der Waals surface area contributed by atoms with E-state index in [4.69, 9.17) is 28.6 Å². The van der Waals surface area contributed by atoms with Crippen LogP contribution >= 0.6 is 23.8 Å². The highest BCUT2D eigenvalue weighted by atomic mass is 35.5. The largest absolute Gasteiger partial charge is 0.494 e. The summed E-state index contributed by atoms with van der Waals surface area (Å²) in [7, 11) is 0. The molecule has 1 fully saturated rings. The summed E-state index contributed by atoms with van der Waals surface area (Å²) in [6.07, 6.45) is -0.0639. The van der Waals surface area contributed by atoms with Crippen LogP contribution < -0.4 is 15.0 Å². The third-order valence-corrected chi connectivity index (χ3v) is 6.22. The molecular weight excluding hydrogens is 470 g/mol. The van der Waals surface area contributed by atoms with Crippen molar-refractivity contribution in [3.63, 3.8) is 0 Å². The fraction of sp³-hybridized carbons (Fsp3) is 0.192. The van der Waals surface area contributed by atoms with Crippen LogP contribution in [0.2, 0.25) is 5.02 Å². The van der Waals surface area contributed by atoms with Gasteiger partial charge in [-0.3, -0.25) is 14.5 Å². The molecule has 3 aromatic carbocycles. The molecule has 1 N–H and O–H groups in total. The zero-order chi connectivity index (χ0) is 24.1. The summed E-state index contributed by atoms with van der Waals surface area (Å²) >= 11 is 12.1. The van der Waals surface area contributed by atoms with Gasteiger partial charge in [0, 0.05) is 23.3 Å². The summed E-state index contributed by atoms with van der Waals surface area (Å²) in [6, 6.07) is 23.0. The lowest BCUT2D eigenvalue weighted by Crippen LogP contribution is -2.37. The number of carbonyl (C=O) groups is 2. The number of hydrogen-bond acceptors (Lipinski definition) is 4. The van der Waals surface area contributed by atoms with Crippen molar-refractivity contribution in [3.05, 3.63) is 89.4 Å². The van der Waals surface area contributed by atoms with Crippen LogP contribution in [-0.2, 0) is 16.1 Å². The summed E-state index contributed by atoms with van der Waals surface area (Å²) in [5, 5.41) is 3.78. The first kappa shape index (κ1) is 23.7. The van der Waals surface area contributed by atoms with E-state index in [1.54, 1.807) is 29.2 Å². The summed E-state index contributed by atoms with van der Waals surface area (Å²) in [5.41, 5.74) is 2.08. The van der Waals surface area contributed by atoms with Crippen molar-refractivity contribution in [2.75, 3.05) is 16.8 Å². The summed E-state index contributed by atoms with van der Waals surface area (Å²) in [5.74, 6) is 0.115. The molecule has 1 aliphatic heterocycles. The number of ether oxygens (including phenoxy) is 1. The molecule has 3 aromatic rings. The van der Waals surface area contributed by atoms with E-state index >= 15 is 0 Å². The lowest BCUT2D eigenvalue weighted by molar-refractivity contribution is -0.124. The molecule has 1 heterocycles. The third-order valence-electron chi connectivity index (χ3n) is 5.44. The Morgan fingerprint density at radius 3 is 2.53 bits per heavy atom. The van der Waals surface area contributed by atoms with Gasteiger partial charge in [0.05, 0.1) is 18.7 Å². The second-order valence-corrected chi connectivity index (χ2v) is 8.51. The number of thiocarbonyl (C=S) groups is 1. The van der Waals surface area contributed by atoms with Crippen LogP contribution in [0.5, 0.6) is 5.75 Å². The molecule has 34 heavy (non-hydrogen) atoms. The normalized spacial score (nSPS) is 15.5. The number of nitrogens with zero attached hydrogens (tertiary/aromatic N) is 2. The highest BCUT2D eigenvalue weighted by Gasteiger charge is 2.44. The van der Waals surface area contributed by atoms with Crippen molar-refractivity contribution in [1.82, 2.24) is 4.90 Å². The highest BCUT2D eigenvalue weighted by molar-refractivity contribution is 7.80. The summed E-state index contributed by atoms with van der Waals surface area (Å²) in [4.78, 5) is 29.7. The van der Waals surface area contributed by atoms with E-state index < -0.39 is 6.04 Å². The van der Waals surface area contributed by atoms with Crippen LogP contribution in [0, 0.1) is 0 Å². The average Bonchev–Trinajstić information content (AvgIpc) is 3.05. The molecule has 0 aromatic heterocycles. The van der Waals surface area contributed by atoms with Gasteiger partial charge < -0.3 is 15.0 Å². The van der Waals surface area contributed by atoms with Gasteiger partial charge >= 0.3 is 0 Å². The van der Waals surface area contributed by atoms with Crippen molar-refractivity contribution in [2.45, 2.75) is 25.9 Å². The molecule has 0 saturated carbocycles. The second-order valence-electron chi connectivity index (χ2n) is 7.74. The Bertz CT molecular complexity index is 1200. The molecule has 0 radical (unpaired) electrons. The van der Waals surface area contributed by atoms with Gasteiger partial charge in [-0.15, -0.1) is 0 Å². The van der Waals surface area contributed by atoms with Gasteiger partial charge in [-0.1, -0.05) is 54.1 Å². The van der Waals surface area contributed by atoms with Crippen molar-refractivity contribution in [3.8, 4) is 5.75 Å². The molecular formula is C26H24ClN3O3S. The van der Waals surface area contributed by atoms with E-state index in [-0.39, 0.29) is 18.2 Å². The fourth-order valence-corrected chi connectivity index (χ4v) is 4.44. The first-order valence-corrected chi connectivity index (χ1v) is 11.7. The Morgan fingerprint density at radius 2 is 1.79 bits per heavy atom. The van der Waals surface area contributed by atoms with Crippen LogP contribution in [0.4, 0.5) is 11.4 Å². The fourth-order valence-electron chi connectivity index (χ4n) is 3.86. The quantitative estimate of drug-likeness (QED) is 0.433. The minimum atomic E-state index is -0.765. The predicted octanol–water partition coefficient (Wildman–Crippen LogP) is 5.27. The van der Waals surface area contributed by atoms with Crippen LogP contribution in [0.3, 0.4) is 0 Å². The number of benzene rings is 3. The van der Waals surface area contributed by atoms with Gasteiger partial charge in [0.15, 0.2) is 5.11 Å². The standard InChI is InChI=1S/C26H24ClN3O3S/c1-2-33-21-13-8-10-19(15-21)28-24(31)16-23-25(32)30(20-11-4-3-5-12-20)26(34)29(23)17-18-9-6-7-14-22(18)27/h3-15,23H,2,16-17H2,1H3,(H,28,31). The number of halogens is 1. The van der Waals surface area contributed by atoms with E-state index in [1.165, 1.54) is 4.90 Å². The average molecular weight is 494 g/mol. The molecule has 1 saturated heterocycles. The number of amides is 2. The number of rotatable bonds is 8. The smallest absolute Gasteiger partial charge is 0.256 e. The Hall–Kier alpha value is -3.42. The van der Waals surface area contributed by atoms with E-state index in [1.807, 2.05) is 61.5 Å². The van der Waals surface area contributed by atoms with E-state index in [0.717, 1.165) is 5.56 Å². The molecule has 2 amide bonds. The SMILES string of the molecule is CCOc1cccc(NC(=O)CC2C(=O)N(c3ccccc3)C(=S)N2Cc2ccccc2Cl)c1. The van der Waals surface area contributed by atoms with E-state index in [9.17, 15) is 9.59 Å². The zero-order valence-corrected chi connectivity index (χ0v) is 20.2. The Balaban J connectivity index is 1.58. The summed E-state index contributed by atoms with van der Waals surface area (Å²) in [6.45, 7) is 2.73. The summed E-state index contributed by atoms with van der Waals surface area (Å²) < 4.78 is 5.50. The molecule has 0 aliphatic carbocycles. The Labute approximate surface area is 209 Å². The number of carbonyl (C=O) groups excluding carboxylic acids is 2. The lowest BCUT2D eigenvalue weighted by Gasteiger charge is -2.24. The van der Waals surface area contributed by atoms with E-state index in [0.29, 0.717) is 40.4 Å². The first-order chi connectivity index (χ1) is 16.5. The van der Waals surface area contributed by atoms with Gasteiger partial charge in [-0.05, 0) is 55.0 Å². The molecule has 0 spiro atoms. The maximum atomic E-state index is 13.5. The number of hydrogen-bond donors (Lipinski definition) is 1. The van der Waals surface area contributed by atoms with Gasteiger partial charge in [-0.2, -0.15) is 0 Å². The second kappa shape index (κ2) is 10.7.